The van der Waals surface area contributed by atoms with Crippen molar-refractivity contribution in [3.05, 3.63) is 93.3 Å². The summed E-state index contributed by atoms with van der Waals surface area (Å²) < 4.78 is 43.4. The fraction of sp³-hybridized carbons (Fsp3) is 0.303. The minimum atomic E-state index is -0.792. The summed E-state index contributed by atoms with van der Waals surface area (Å²) in [5.41, 5.74) is 1.42. The van der Waals surface area contributed by atoms with E-state index in [1.54, 1.807) is 46.9 Å². The van der Waals surface area contributed by atoms with E-state index in [4.69, 9.17) is 9.47 Å². The second-order valence-corrected chi connectivity index (χ2v) is 12.5. The summed E-state index contributed by atoms with van der Waals surface area (Å²) in [5.74, 6) is -1.90. The number of amides is 1. The zero-order valence-electron chi connectivity index (χ0n) is 25.2. The Morgan fingerprint density at radius 2 is 1.91 bits per heavy atom. The van der Waals surface area contributed by atoms with Gasteiger partial charge >= 0.3 is 6.09 Å². The Morgan fingerprint density at radius 3 is 2.57 bits per heavy atom. The number of hydrogen-bond donors (Lipinski definition) is 2. The van der Waals surface area contributed by atoms with Gasteiger partial charge < -0.3 is 24.7 Å². The molecule has 0 spiro atoms. The van der Waals surface area contributed by atoms with Crippen molar-refractivity contribution in [2.75, 3.05) is 19.0 Å². The van der Waals surface area contributed by atoms with Gasteiger partial charge in [0.1, 0.15) is 29.0 Å². The van der Waals surface area contributed by atoms with Crippen molar-refractivity contribution in [1.29, 1.82) is 5.26 Å². The summed E-state index contributed by atoms with van der Waals surface area (Å²) in [6.07, 6.45) is 1.28. The third-order valence-corrected chi connectivity index (χ3v) is 7.77. The maximum absolute atomic E-state index is 15.6. The Morgan fingerprint density at radius 1 is 1.16 bits per heavy atom. The average molecular weight is 714 g/mol. The lowest BCUT2D eigenvalue weighted by Crippen LogP contribution is -2.41. The molecular formula is C33H34F2IN5O3. The highest BCUT2D eigenvalue weighted by atomic mass is 127. The van der Waals surface area contributed by atoms with E-state index in [1.165, 1.54) is 6.07 Å². The van der Waals surface area contributed by atoms with Crippen LogP contribution in [0.1, 0.15) is 50.4 Å². The van der Waals surface area contributed by atoms with Crippen LogP contribution in [-0.2, 0) is 16.0 Å². The van der Waals surface area contributed by atoms with Gasteiger partial charge in [-0.1, -0.05) is 12.6 Å². The number of hydrogen-bond acceptors (Lipinski definition) is 6. The number of pyridine rings is 1. The molecule has 8 nitrogen and oxygen atoms in total. The second kappa shape index (κ2) is 13.7. The topological polar surface area (TPSA) is 101 Å². The van der Waals surface area contributed by atoms with Crippen LogP contribution in [0, 0.1) is 26.5 Å². The number of rotatable bonds is 10. The Bertz CT molecular complexity index is 1740. The van der Waals surface area contributed by atoms with E-state index in [0.717, 1.165) is 17.0 Å². The predicted molar refractivity (Wildman–Crippen MR) is 176 cm³/mol. The number of methoxy groups -OCH3 is 1. The Hall–Kier alpha value is -4.02. The highest BCUT2D eigenvalue weighted by Crippen LogP contribution is 2.37. The molecule has 2 aromatic carbocycles. The van der Waals surface area contributed by atoms with Crippen LogP contribution in [0.15, 0.2) is 61.3 Å². The summed E-state index contributed by atoms with van der Waals surface area (Å²) >= 11 is 1.88. The number of aromatic nitrogens is 2. The lowest BCUT2D eigenvalue weighted by molar-refractivity contribution is 0.0505. The smallest absolute Gasteiger partial charge is 0.407 e. The molecule has 0 bridgehead atoms. The van der Waals surface area contributed by atoms with Crippen molar-refractivity contribution in [3.63, 3.8) is 0 Å². The molecule has 2 heterocycles. The first kappa shape index (κ1) is 32.9. The van der Waals surface area contributed by atoms with Crippen molar-refractivity contribution in [1.82, 2.24) is 14.9 Å². The van der Waals surface area contributed by atoms with E-state index in [-0.39, 0.29) is 22.6 Å². The van der Waals surface area contributed by atoms with Gasteiger partial charge in [0.25, 0.3) is 0 Å². The molecule has 0 fully saturated rings. The number of anilines is 2. The molecule has 0 aliphatic carbocycles. The number of benzene rings is 2. The number of nitriles is 1. The minimum Gasteiger partial charge on any atom is -0.444 e. The molecule has 0 radical (unpaired) electrons. The van der Waals surface area contributed by atoms with Crippen molar-refractivity contribution >= 4 is 56.7 Å². The molecule has 0 saturated carbocycles. The van der Waals surface area contributed by atoms with Gasteiger partial charge in [-0.05, 0) is 104 Å². The highest BCUT2D eigenvalue weighted by molar-refractivity contribution is 14.1. The van der Waals surface area contributed by atoms with Crippen LogP contribution in [0.5, 0.6) is 0 Å². The van der Waals surface area contributed by atoms with E-state index in [2.05, 4.69) is 26.8 Å². The molecule has 0 saturated heterocycles. The third-order valence-electron chi connectivity index (χ3n) is 6.89. The molecule has 1 amide bonds. The van der Waals surface area contributed by atoms with Crippen LogP contribution < -0.4 is 10.6 Å². The molecule has 11 heteroatoms. The van der Waals surface area contributed by atoms with Crippen LogP contribution in [-0.4, -0.2) is 41.0 Å². The summed E-state index contributed by atoms with van der Waals surface area (Å²) in [4.78, 5) is 17.2. The SMILES string of the molecule is C=C(c1nc(Nc2ccc3c(ccn3CCOC)c2)c(C#N)cc1F)[C@H](c1ccc(I)c(F)c1)[C@H](C)NC(=O)OC(C)(C)C. The van der Waals surface area contributed by atoms with Crippen LogP contribution in [0.2, 0.25) is 0 Å². The Labute approximate surface area is 269 Å². The van der Waals surface area contributed by atoms with Gasteiger partial charge in [-0.15, -0.1) is 0 Å². The summed E-state index contributed by atoms with van der Waals surface area (Å²) in [6.45, 7) is 12.3. The number of ether oxygens (including phenoxy) is 2. The van der Waals surface area contributed by atoms with Crippen LogP contribution >= 0.6 is 22.6 Å². The molecular weight excluding hydrogens is 679 g/mol. The first-order chi connectivity index (χ1) is 20.8. The van der Waals surface area contributed by atoms with Gasteiger partial charge in [-0.3, -0.25) is 0 Å². The quantitative estimate of drug-likeness (QED) is 0.162. The fourth-order valence-corrected chi connectivity index (χ4v) is 5.25. The standard InChI is InChI=1S/C33H34F2IN5O3/c1-19(29(22-7-9-27(36)25(34)16-22)20(2)38-32(42)44-33(3,4)5)30-26(35)17-23(18-37)31(40-30)39-24-8-10-28-21(15-24)11-12-41(28)13-14-43-6/h7-12,15-17,20,29H,1,13-14H2,2-6H3,(H,38,42)(H,39,40)/t20-,29-/m0/s1. The number of halogens is 3. The number of carbonyl (C=O) groups is 1. The van der Waals surface area contributed by atoms with E-state index < -0.39 is 35.3 Å². The van der Waals surface area contributed by atoms with Crippen LogP contribution in [0.3, 0.4) is 0 Å². The van der Waals surface area contributed by atoms with E-state index in [1.807, 2.05) is 59.1 Å². The molecule has 4 aromatic rings. The van der Waals surface area contributed by atoms with Gasteiger partial charge in [0.2, 0.25) is 0 Å². The molecule has 2 atom stereocenters. The summed E-state index contributed by atoms with van der Waals surface area (Å²) in [5, 5.41) is 16.7. The third kappa shape index (κ3) is 7.73. The highest BCUT2D eigenvalue weighted by Gasteiger charge is 2.30. The lowest BCUT2D eigenvalue weighted by atomic mass is 9.84. The summed E-state index contributed by atoms with van der Waals surface area (Å²) in [6, 6.07) is 14.7. The van der Waals surface area contributed by atoms with Gasteiger partial charge in [0, 0.05) is 52.0 Å². The first-order valence-corrected chi connectivity index (χ1v) is 15.0. The van der Waals surface area contributed by atoms with Gasteiger partial charge in [-0.25, -0.2) is 18.6 Å². The van der Waals surface area contributed by atoms with Gasteiger partial charge in [0.15, 0.2) is 5.82 Å². The van der Waals surface area contributed by atoms with Crippen molar-refractivity contribution < 1.29 is 23.0 Å². The van der Waals surface area contributed by atoms with Crippen molar-refractivity contribution in [2.45, 2.75) is 51.8 Å². The van der Waals surface area contributed by atoms with Crippen LogP contribution in [0.4, 0.5) is 25.1 Å². The minimum absolute atomic E-state index is 0.00593. The number of alkyl carbamates (subject to hydrolysis) is 1. The molecule has 44 heavy (non-hydrogen) atoms. The molecule has 0 unspecified atom stereocenters. The Balaban J connectivity index is 1.71. The average Bonchev–Trinajstić information content (AvgIpc) is 3.35. The second-order valence-electron chi connectivity index (χ2n) is 11.3. The normalized spacial score (nSPS) is 12.8. The van der Waals surface area contributed by atoms with Gasteiger partial charge in [-0.2, -0.15) is 5.26 Å². The molecule has 2 N–H and O–H groups in total. The van der Waals surface area contributed by atoms with Crippen molar-refractivity contribution in [2.24, 2.45) is 0 Å². The van der Waals surface area contributed by atoms with E-state index in [0.29, 0.717) is 28.0 Å². The van der Waals surface area contributed by atoms with E-state index in [9.17, 15) is 14.4 Å². The molecule has 2 aromatic heterocycles. The van der Waals surface area contributed by atoms with Crippen molar-refractivity contribution in [3.8, 4) is 6.07 Å². The molecule has 4 rings (SSSR count). The fourth-order valence-electron chi connectivity index (χ4n) is 4.92. The molecule has 0 aliphatic heterocycles. The number of nitrogens with zero attached hydrogens (tertiary/aromatic N) is 3. The Kier molecular flexibility index (Phi) is 10.3. The van der Waals surface area contributed by atoms with Crippen LogP contribution in [0.25, 0.3) is 16.5 Å². The molecule has 0 aliphatic rings. The number of nitrogens with one attached hydrogen (secondary N) is 2. The lowest BCUT2D eigenvalue weighted by Gasteiger charge is -2.29. The maximum Gasteiger partial charge on any atom is 0.407 e. The predicted octanol–water partition coefficient (Wildman–Crippen LogP) is 7.89. The molecule has 230 valence electrons. The first-order valence-electron chi connectivity index (χ1n) is 13.9. The zero-order chi connectivity index (χ0) is 32.2. The number of carbonyl (C=O) groups excluding carboxylic acids is 1. The maximum atomic E-state index is 15.6. The largest absolute Gasteiger partial charge is 0.444 e. The summed E-state index contributed by atoms with van der Waals surface area (Å²) in [7, 11) is 1.65. The van der Waals surface area contributed by atoms with Gasteiger partial charge in [0.05, 0.1) is 12.2 Å². The number of fused-ring (bicyclic) bond motifs is 1. The monoisotopic (exact) mass is 713 g/mol. The van der Waals surface area contributed by atoms with E-state index >= 15 is 4.39 Å². The zero-order valence-corrected chi connectivity index (χ0v) is 27.3.